The van der Waals surface area contributed by atoms with E-state index in [1.165, 1.54) is 38.9 Å². The molecule has 0 amide bonds. The minimum Gasteiger partial charge on any atom is -0.303 e. The average molecular weight is 169 g/mol. The predicted octanol–water partition coefficient (Wildman–Crippen LogP) is 2.76. The molecule has 0 radical (unpaired) electrons. The van der Waals surface area contributed by atoms with Crippen LogP contribution in [0.15, 0.2) is 0 Å². The Bertz CT molecular complexity index is 114. The molecule has 0 aromatic heterocycles. The second-order valence-electron chi connectivity index (χ2n) is 4.58. The van der Waals surface area contributed by atoms with Crippen LogP contribution in [0.1, 0.15) is 40.0 Å². The molecule has 0 saturated carbocycles. The van der Waals surface area contributed by atoms with Crippen LogP contribution in [0.2, 0.25) is 0 Å². The number of rotatable bonds is 3. The molecule has 0 aromatic carbocycles. The van der Waals surface area contributed by atoms with Gasteiger partial charge in [-0.1, -0.05) is 27.2 Å². The number of nitrogens with zero attached hydrogens (tertiary/aromatic N) is 1. The molecule has 1 saturated heterocycles. The molecule has 1 atom stereocenters. The molecule has 12 heavy (non-hydrogen) atoms. The molecule has 1 fully saturated rings. The predicted molar refractivity (Wildman–Crippen MR) is 54.3 cm³/mol. The van der Waals surface area contributed by atoms with Crippen molar-refractivity contribution >= 4 is 0 Å². The Morgan fingerprint density at radius 1 is 1.00 bits per heavy atom. The highest BCUT2D eigenvalue weighted by Crippen LogP contribution is 2.15. The minimum atomic E-state index is 0.840. The lowest BCUT2D eigenvalue weighted by Crippen LogP contribution is -2.34. The topological polar surface area (TPSA) is 3.24 Å². The first-order valence-electron chi connectivity index (χ1n) is 5.42. The molecule has 1 aliphatic rings. The summed E-state index contributed by atoms with van der Waals surface area (Å²) in [6.45, 7) is 11.0. The first kappa shape index (κ1) is 10.0. The Morgan fingerprint density at radius 3 is 2.08 bits per heavy atom. The summed E-state index contributed by atoms with van der Waals surface area (Å²) in [5.74, 6) is 1.70. The molecule has 0 aromatic rings. The Hall–Kier alpha value is -0.0400. The molecule has 1 nitrogen and oxygen atoms in total. The summed E-state index contributed by atoms with van der Waals surface area (Å²) in [7, 11) is 0. The van der Waals surface area contributed by atoms with E-state index in [4.69, 9.17) is 0 Å². The van der Waals surface area contributed by atoms with E-state index in [9.17, 15) is 0 Å². The molecule has 1 aliphatic heterocycles. The first-order valence-corrected chi connectivity index (χ1v) is 5.42. The minimum absolute atomic E-state index is 0.840. The Balaban J connectivity index is 2.20. The van der Waals surface area contributed by atoms with E-state index in [2.05, 4.69) is 25.7 Å². The van der Waals surface area contributed by atoms with E-state index in [1.54, 1.807) is 0 Å². The quantitative estimate of drug-likeness (QED) is 0.628. The Kier molecular flexibility index (Phi) is 4.07. The maximum atomic E-state index is 2.63. The number of piperidine rings is 1. The highest BCUT2D eigenvalue weighted by atomic mass is 15.1. The zero-order chi connectivity index (χ0) is 8.97. The highest BCUT2D eigenvalue weighted by molar-refractivity contribution is 4.68. The van der Waals surface area contributed by atoms with E-state index in [1.807, 2.05) is 0 Å². The van der Waals surface area contributed by atoms with Crippen molar-refractivity contribution in [1.29, 1.82) is 0 Å². The molecular weight excluding hydrogens is 146 g/mol. The van der Waals surface area contributed by atoms with Gasteiger partial charge >= 0.3 is 0 Å². The van der Waals surface area contributed by atoms with Crippen molar-refractivity contribution in [3.63, 3.8) is 0 Å². The second-order valence-corrected chi connectivity index (χ2v) is 4.58. The van der Waals surface area contributed by atoms with Crippen LogP contribution in [0, 0.1) is 11.8 Å². The monoisotopic (exact) mass is 169 g/mol. The molecule has 0 spiro atoms. The molecule has 0 N–H and O–H groups in total. The summed E-state index contributed by atoms with van der Waals surface area (Å²) < 4.78 is 0. The standard InChI is InChI=1S/C11H23N/c1-10(2)11(3)9-12-7-5-4-6-8-12/h10-11H,4-9H2,1-3H3/t11-/m1/s1. The van der Waals surface area contributed by atoms with Gasteiger partial charge < -0.3 is 4.90 Å². The zero-order valence-corrected chi connectivity index (χ0v) is 8.84. The lowest BCUT2D eigenvalue weighted by molar-refractivity contribution is 0.181. The third-order valence-electron chi connectivity index (χ3n) is 3.13. The van der Waals surface area contributed by atoms with Crippen molar-refractivity contribution in [1.82, 2.24) is 4.90 Å². The number of hydrogen-bond acceptors (Lipinski definition) is 1. The van der Waals surface area contributed by atoms with Crippen LogP contribution < -0.4 is 0 Å². The fourth-order valence-corrected chi connectivity index (χ4v) is 1.76. The van der Waals surface area contributed by atoms with Gasteiger partial charge in [-0.3, -0.25) is 0 Å². The van der Waals surface area contributed by atoms with Crippen LogP contribution in [0.4, 0.5) is 0 Å². The lowest BCUT2D eigenvalue weighted by Gasteiger charge is -2.30. The van der Waals surface area contributed by atoms with Gasteiger partial charge in [0.15, 0.2) is 0 Å². The van der Waals surface area contributed by atoms with Gasteiger partial charge in [0.2, 0.25) is 0 Å². The Morgan fingerprint density at radius 2 is 1.58 bits per heavy atom. The second kappa shape index (κ2) is 4.86. The van der Waals surface area contributed by atoms with Gasteiger partial charge in [-0.25, -0.2) is 0 Å². The van der Waals surface area contributed by atoms with Crippen molar-refractivity contribution in [3.8, 4) is 0 Å². The summed E-state index contributed by atoms with van der Waals surface area (Å²) >= 11 is 0. The molecule has 0 bridgehead atoms. The Labute approximate surface area is 77.1 Å². The van der Waals surface area contributed by atoms with Gasteiger partial charge in [0.25, 0.3) is 0 Å². The van der Waals surface area contributed by atoms with Crippen molar-refractivity contribution in [2.24, 2.45) is 11.8 Å². The summed E-state index contributed by atoms with van der Waals surface area (Å²) in [5.41, 5.74) is 0. The maximum absolute atomic E-state index is 2.63. The third-order valence-corrected chi connectivity index (χ3v) is 3.13. The maximum Gasteiger partial charge on any atom is 0.000946 e. The number of hydrogen-bond donors (Lipinski definition) is 0. The van der Waals surface area contributed by atoms with Crippen LogP contribution in [-0.4, -0.2) is 24.5 Å². The highest BCUT2D eigenvalue weighted by Gasteiger charge is 2.14. The summed E-state index contributed by atoms with van der Waals surface area (Å²) in [4.78, 5) is 2.63. The van der Waals surface area contributed by atoms with E-state index in [-0.39, 0.29) is 0 Å². The summed E-state index contributed by atoms with van der Waals surface area (Å²) in [6, 6.07) is 0. The van der Waals surface area contributed by atoms with Gasteiger partial charge in [-0.05, 0) is 37.8 Å². The fraction of sp³-hybridized carbons (Fsp3) is 1.00. The third kappa shape index (κ3) is 3.14. The van der Waals surface area contributed by atoms with E-state index < -0.39 is 0 Å². The van der Waals surface area contributed by atoms with Gasteiger partial charge in [-0.15, -0.1) is 0 Å². The first-order chi connectivity index (χ1) is 5.70. The van der Waals surface area contributed by atoms with Crippen LogP contribution in [0.25, 0.3) is 0 Å². The molecule has 1 heterocycles. The summed E-state index contributed by atoms with van der Waals surface area (Å²) in [6.07, 6.45) is 4.29. The van der Waals surface area contributed by atoms with Gasteiger partial charge in [0.05, 0.1) is 0 Å². The molecule has 1 heteroatoms. The van der Waals surface area contributed by atoms with Crippen LogP contribution in [-0.2, 0) is 0 Å². The van der Waals surface area contributed by atoms with Gasteiger partial charge in [-0.2, -0.15) is 0 Å². The van der Waals surface area contributed by atoms with Crippen molar-refractivity contribution in [3.05, 3.63) is 0 Å². The van der Waals surface area contributed by atoms with Crippen molar-refractivity contribution in [2.75, 3.05) is 19.6 Å². The van der Waals surface area contributed by atoms with E-state index in [0.717, 1.165) is 11.8 Å². The molecule has 0 aliphatic carbocycles. The molecule has 72 valence electrons. The van der Waals surface area contributed by atoms with Gasteiger partial charge in [0, 0.05) is 6.54 Å². The van der Waals surface area contributed by atoms with E-state index in [0.29, 0.717) is 0 Å². The van der Waals surface area contributed by atoms with Crippen LogP contribution in [0.3, 0.4) is 0 Å². The number of likely N-dealkylation sites (tertiary alicyclic amines) is 1. The van der Waals surface area contributed by atoms with E-state index >= 15 is 0 Å². The van der Waals surface area contributed by atoms with Crippen LogP contribution in [0.5, 0.6) is 0 Å². The molecule has 1 rings (SSSR count). The van der Waals surface area contributed by atoms with Crippen LogP contribution >= 0.6 is 0 Å². The molecule has 0 unspecified atom stereocenters. The fourth-order valence-electron chi connectivity index (χ4n) is 1.76. The normalized spacial score (nSPS) is 23.0. The van der Waals surface area contributed by atoms with Crippen molar-refractivity contribution < 1.29 is 0 Å². The lowest BCUT2D eigenvalue weighted by atomic mass is 9.96. The average Bonchev–Trinajstić information content (AvgIpc) is 2.06. The SMILES string of the molecule is CC(C)[C@H](C)CN1CCCCC1. The largest absolute Gasteiger partial charge is 0.303 e. The molecular formula is C11H23N. The van der Waals surface area contributed by atoms with Gasteiger partial charge in [0.1, 0.15) is 0 Å². The zero-order valence-electron chi connectivity index (χ0n) is 8.84. The van der Waals surface area contributed by atoms with Crippen molar-refractivity contribution in [2.45, 2.75) is 40.0 Å². The smallest absolute Gasteiger partial charge is 0.000946 e. The summed E-state index contributed by atoms with van der Waals surface area (Å²) in [5, 5.41) is 0.